The molecule has 11 heterocycles. The maximum Gasteiger partial charge on any atom is 0.161 e. The monoisotopic (exact) mass is 1010 g/mol. The zero-order valence-electron chi connectivity index (χ0n) is 41.5. The number of aryl methyl sites for hydroxylation is 3. The predicted molar refractivity (Wildman–Crippen MR) is 293 cm³/mol. The summed E-state index contributed by atoms with van der Waals surface area (Å²) >= 11 is 3.31. The van der Waals surface area contributed by atoms with E-state index in [1.807, 2.05) is 70.2 Å². The largest absolute Gasteiger partial charge is 0.359 e. The van der Waals surface area contributed by atoms with E-state index in [4.69, 9.17) is 9.97 Å². The molecule has 0 amide bonds. The smallest absolute Gasteiger partial charge is 0.161 e. The highest BCUT2D eigenvalue weighted by atomic mass is 32.1. The zero-order valence-corrected chi connectivity index (χ0v) is 43.2. The van der Waals surface area contributed by atoms with E-state index in [0.717, 1.165) is 55.4 Å². The molecule has 18 heteroatoms. The molecule has 368 valence electrons. The van der Waals surface area contributed by atoms with Crippen molar-refractivity contribution in [1.29, 1.82) is 0 Å². The lowest BCUT2D eigenvalue weighted by Crippen LogP contribution is -2.12. The number of H-pyrrole nitrogens is 4. The minimum Gasteiger partial charge on any atom is -0.359 e. The van der Waals surface area contributed by atoms with Crippen LogP contribution < -0.4 is 5.32 Å². The number of imidazole rings is 2. The van der Waals surface area contributed by atoms with Crippen molar-refractivity contribution in [2.45, 2.75) is 61.8 Å². The average molecular weight is 1010 g/mol. The summed E-state index contributed by atoms with van der Waals surface area (Å²) in [7, 11) is 0. The standard InChI is InChI=1S/C30H30FN7S.C23H16FN7S.C2H6/c1-7-19(14-20(8-2)34-17(5)13-16(3)4)26-25(31)24-22(15-33-26)37-38-29(24)30-35-21-11-12-32-28(27(21)36-30)23-10-9-18(6)39-23;1-11-5-7-25-9-13(11)19-18(24)17-15(10-27-19)30-31-22(17)23-28-14-6-8-26-21(20(14)29-23)16-4-3-12(2)32-16;1-2/h7-12,14-16,34H,2,5,13H2,1,3-4,6H3,(H,35,36)(H,37,38);3-10H,1-2H3,(H,28,29)(H,30,31);1-2H3/b19-7+,20-14+;;. The Kier molecular flexibility index (Phi) is 14.4. The molecule has 11 aromatic heterocycles. The highest BCUT2D eigenvalue weighted by molar-refractivity contribution is 7.15. The van der Waals surface area contributed by atoms with Gasteiger partial charge in [0.05, 0.1) is 55.0 Å². The fraction of sp³-hybridized carbons (Fsp3) is 0.182. The van der Waals surface area contributed by atoms with Crippen LogP contribution in [0.3, 0.4) is 0 Å². The number of hydrogen-bond donors (Lipinski definition) is 5. The van der Waals surface area contributed by atoms with Crippen LogP contribution in [0, 0.1) is 38.3 Å². The summed E-state index contributed by atoms with van der Waals surface area (Å²) in [6, 6.07) is 13.7. The highest BCUT2D eigenvalue weighted by Gasteiger charge is 2.24. The number of hydrogen-bond acceptors (Lipinski definition) is 12. The molecule has 0 fully saturated rings. The van der Waals surface area contributed by atoms with Gasteiger partial charge in [0.2, 0.25) is 0 Å². The fourth-order valence-electron chi connectivity index (χ4n) is 8.32. The van der Waals surface area contributed by atoms with Gasteiger partial charge in [-0.25, -0.2) is 18.7 Å². The van der Waals surface area contributed by atoms with Crippen LogP contribution in [-0.2, 0) is 0 Å². The van der Waals surface area contributed by atoms with E-state index in [9.17, 15) is 0 Å². The maximum absolute atomic E-state index is 16.2. The molecule has 11 rings (SSSR count). The third kappa shape index (κ3) is 9.86. The lowest BCUT2D eigenvalue weighted by molar-refractivity contribution is 0.622. The van der Waals surface area contributed by atoms with Gasteiger partial charge in [0.25, 0.3) is 0 Å². The van der Waals surface area contributed by atoms with E-state index < -0.39 is 11.6 Å². The Bertz CT molecular complexity index is 3900. The third-order valence-corrected chi connectivity index (χ3v) is 13.7. The Morgan fingerprint density at radius 2 is 1.25 bits per heavy atom. The first-order valence-electron chi connectivity index (χ1n) is 23.6. The van der Waals surface area contributed by atoms with Crippen molar-refractivity contribution in [3.63, 3.8) is 0 Å². The number of aromatic amines is 4. The van der Waals surface area contributed by atoms with Gasteiger partial charge in [0, 0.05) is 57.1 Å². The van der Waals surface area contributed by atoms with Crippen molar-refractivity contribution in [2.24, 2.45) is 5.92 Å². The van der Waals surface area contributed by atoms with Gasteiger partial charge >= 0.3 is 0 Å². The SMILES string of the molecule is C=C/C(=C\C(=C/C)c1ncc2[nH]nc(-c3nc4c(-c5ccc(C)s5)nccc4[nH]3)c2c1F)NC(=C)CC(C)C.CC.Cc1ccc(-c2nccc3[nH]c(-c4n[nH]c5cnc(-c6cnccc6C)c(F)c45)nc23)s1. The first-order valence-corrected chi connectivity index (χ1v) is 25.3. The fourth-order valence-corrected chi connectivity index (χ4v) is 10.1. The Hall–Kier alpha value is -8.35. The topological polar surface area (TPSA) is 191 Å². The summed E-state index contributed by atoms with van der Waals surface area (Å²) in [5.74, 6) is 0.420. The summed E-state index contributed by atoms with van der Waals surface area (Å²) in [5, 5.41) is 18.5. The molecule has 0 aliphatic carbocycles. The quantitative estimate of drug-likeness (QED) is 0.0736. The number of rotatable bonds is 12. The van der Waals surface area contributed by atoms with Crippen LogP contribution >= 0.6 is 22.7 Å². The summed E-state index contributed by atoms with van der Waals surface area (Å²) in [6.07, 6.45) is 16.1. The number of allylic oxidation sites excluding steroid dienone is 5. The summed E-state index contributed by atoms with van der Waals surface area (Å²) in [5.41, 5.74) is 10.5. The van der Waals surface area contributed by atoms with Gasteiger partial charge in [-0.05, 0) is 100 Å². The molecule has 0 aromatic carbocycles. The Morgan fingerprint density at radius 3 is 1.75 bits per heavy atom. The van der Waals surface area contributed by atoms with Gasteiger partial charge in [-0.2, -0.15) is 10.2 Å². The van der Waals surface area contributed by atoms with Gasteiger partial charge in [0.15, 0.2) is 23.3 Å². The highest BCUT2D eigenvalue weighted by Crippen LogP contribution is 2.38. The van der Waals surface area contributed by atoms with Crippen LogP contribution in [0.4, 0.5) is 8.78 Å². The van der Waals surface area contributed by atoms with Gasteiger partial charge < -0.3 is 15.3 Å². The molecule has 0 radical (unpaired) electrons. The van der Waals surface area contributed by atoms with Crippen LogP contribution in [0.2, 0.25) is 0 Å². The van der Waals surface area contributed by atoms with E-state index in [1.165, 1.54) is 9.75 Å². The molecule has 14 nitrogen and oxygen atoms in total. The van der Waals surface area contributed by atoms with Gasteiger partial charge in [0.1, 0.15) is 45.2 Å². The first-order chi connectivity index (χ1) is 35.4. The Morgan fingerprint density at radius 1 is 0.685 bits per heavy atom. The van der Waals surface area contributed by atoms with E-state index in [0.29, 0.717) is 73.1 Å². The van der Waals surface area contributed by atoms with E-state index >= 15 is 8.78 Å². The Balaban J connectivity index is 0.000000177. The molecule has 0 aliphatic heterocycles. The van der Waals surface area contributed by atoms with Crippen LogP contribution in [-0.4, -0.2) is 65.3 Å². The van der Waals surface area contributed by atoms with Crippen LogP contribution in [0.15, 0.2) is 122 Å². The molecule has 5 N–H and O–H groups in total. The number of fused-ring (bicyclic) bond motifs is 4. The molecular formula is C55H52F2N14S2. The van der Waals surface area contributed by atoms with Crippen molar-refractivity contribution < 1.29 is 8.78 Å². The third-order valence-electron chi connectivity index (χ3n) is 11.7. The second-order valence-electron chi connectivity index (χ2n) is 17.2. The van der Waals surface area contributed by atoms with Gasteiger partial charge in [-0.15, -0.1) is 22.7 Å². The number of nitrogens with zero attached hydrogens (tertiary/aromatic N) is 9. The molecule has 0 aliphatic rings. The minimum absolute atomic E-state index is 0.204. The number of nitrogens with one attached hydrogen (secondary N) is 5. The minimum atomic E-state index is -0.488. The lowest BCUT2D eigenvalue weighted by atomic mass is 10.1. The van der Waals surface area contributed by atoms with E-state index in [2.05, 4.69) is 114 Å². The van der Waals surface area contributed by atoms with Crippen molar-refractivity contribution in [3.05, 3.63) is 155 Å². The second-order valence-corrected chi connectivity index (χ2v) is 19.8. The molecule has 0 bridgehead atoms. The Labute approximate surface area is 427 Å². The number of aromatic nitrogens is 13. The molecular weight excluding hydrogens is 959 g/mol. The van der Waals surface area contributed by atoms with Crippen molar-refractivity contribution >= 4 is 72.1 Å². The van der Waals surface area contributed by atoms with Gasteiger partial charge in [-0.1, -0.05) is 46.9 Å². The van der Waals surface area contributed by atoms with E-state index in [1.54, 1.807) is 65.9 Å². The van der Waals surface area contributed by atoms with Gasteiger partial charge in [-0.3, -0.25) is 35.1 Å². The van der Waals surface area contributed by atoms with Crippen molar-refractivity contribution in [2.75, 3.05) is 0 Å². The average Bonchev–Trinajstić information content (AvgIpc) is 4.26. The molecule has 11 aromatic rings. The summed E-state index contributed by atoms with van der Waals surface area (Å²) < 4.78 is 31.9. The normalized spacial score (nSPS) is 11.9. The molecule has 0 atom stereocenters. The van der Waals surface area contributed by atoms with Crippen LogP contribution in [0.1, 0.15) is 62.1 Å². The lowest BCUT2D eigenvalue weighted by Gasteiger charge is -2.13. The molecule has 0 unspecified atom stereocenters. The van der Waals surface area contributed by atoms with Crippen LogP contribution in [0.5, 0.6) is 0 Å². The molecule has 0 saturated carbocycles. The molecule has 0 saturated heterocycles. The van der Waals surface area contributed by atoms with Crippen LogP contribution in [0.25, 0.3) is 105 Å². The number of thiophene rings is 2. The maximum atomic E-state index is 16.2. The summed E-state index contributed by atoms with van der Waals surface area (Å²) in [6.45, 7) is 24.1. The number of pyridine rings is 5. The second kappa shape index (κ2) is 21.2. The van der Waals surface area contributed by atoms with Crippen molar-refractivity contribution in [3.8, 4) is 55.4 Å². The van der Waals surface area contributed by atoms with Crippen molar-refractivity contribution in [1.82, 2.24) is 70.6 Å². The zero-order chi connectivity index (χ0) is 51.5. The molecule has 73 heavy (non-hydrogen) atoms. The van der Waals surface area contributed by atoms with E-state index in [-0.39, 0.29) is 11.4 Å². The summed E-state index contributed by atoms with van der Waals surface area (Å²) in [4.78, 5) is 42.5. The predicted octanol–water partition coefficient (Wildman–Crippen LogP) is 14.2. The molecule has 0 spiro atoms. The number of halogens is 2. The first kappa shape index (κ1) is 49.6.